The van der Waals surface area contributed by atoms with Crippen molar-refractivity contribution in [1.29, 1.82) is 0 Å². The second-order valence-corrected chi connectivity index (χ2v) is 8.56. The maximum Gasteiger partial charge on any atom is 0.244 e. The molecule has 1 heterocycles. The molecule has 21 heavy (non-hydrogen) atoms. The van der Waals surface area contributed by atoms with Crippen LogP contribution in [-0.4, -0.2) is 49.7 Å². The number of hydrogen-bond donors (Lipinski definition) is 0. The van der Waals surface area contributed by atoms with E-state index in [0.717, 1.165) is 10.0 Å². The third-order valence-corrected chi connectivity index (χ3v) is 7.23. The minimum atomic E-state index is -3.56. The summed E-state index contributed by atoms with van der Waals surface area (Å²) in [6.07, 6.45) is 0. The summed E-state index contributed by atoms with van der Waals surface area (Å²) in [6, 6.07) is 3.40. The van der Waals surface area contributed by atoms with E-state index in [2.05, 4.69) is 31.9 Å². The van der Waals surface area contributed by atoms with Crippen LogP contribution in [0.2, 0.25) is 0 Å². The van der Waals surface area contributed by atoms with Gasteiger partial charge in [-0.25, -0.2) is 8.42 Å². The molecule has 0 radical (unpaired) electrons. The molecule has 1 aliphatic rings. The van der Waals surface area contributed by atoms with Gasteiger partial charge < -0.3 is 4.90 Å². The molecule has 0 saturated carbocycles. The molecule has 0 atom stereocenters. The molecule has 0 bridgehead atoms. The predicted octanol–water partition coefficient (Wildman–Crippen LogP) is 2.37. The van der Waals surface area contributed by atoms with Crippen LogP contribution in [0.15, 0.2) is 26.0 Å². The molecule has 0 N–H and O–H groups in total. The molecular formula is C13H16Br2N2O3S. The van der Waals surface area contributed by atoms with E-state index in [-0.39, 0.29) is 10.8 Å². The van der Waals surface area contributed by atoms with Gasteiger partial charge >= 0.3 is 0 Å². The summed E-state index contributed by atoms with van der Waals surface area (Å²) in [6.45, 7) is 4.90. The highest BCUT2D eigenvalue weighted by molar-refractivity contribution is 9.11. The molecule has 2 rings (SSSR count). The Morgan fingerprint density at radius 3 is 2.19 bits per heavy atom. The average molecular weight is 440 g/mol. The molecular weight excluding hydrogens is 424 g/mol. The van der Waals surface area contributed by atoms with Crippen LogP contribution in [0.1, 0.15) is 12.5 Å². The van der Waals surface area contributed by atoms with Crippen LogP contribution < -0.4 is 0 Å². The number of sulfonamides is 1. The molecule has 0 spiro atoms. The van der Waals surface area contributed by atoms with Gasteiger partial charge in [-0.05, 0) is 40.5 Å². The second kappa shape index (κ2) is 6.36. The zero-order valence-electron chi connectivity index (χ0n) is 11.8. The summed E-state index contributed by atoms with van der Waals surface area (Å²) in [5, 5.41) is 0. The maximum atomic E-state index is 12.7. The Morgan fingerprint density at radius 1 is 1.10 bits per heavy atom. The molecule has 1 saturated heterocycles. The first-order chi connectivity index (χ1) is 9.73. The molecule has 116 valence electrons. The lowest BCUT2D eigenvalue weighted by atomic mass is 10.2. The molecule has 0 unspecified atom stereocenters. The Hall–Kier alpha value is -0.440. The zero-order chi connectivity index (χ0) is 15.8. The van der Waals surface area contributed by atoms with Crippen molar-refractivity contribution in [2.75, 3.05) is 26.2 Å². The minimum absolute atomic E-state index is 0.0219. The molecule has 1 aromatic carbocycles. The summed E-state index contributed by atoms with van der Waals surface area (Å²) in [7, 11) is -3.56. The highest BCUT2D eigenvalue weighted by Crippen LogP contribution is 2.31. The van der Waals surface area contributed by atoms with Gasteiger partial charge in [0.25, 0.3) is 0 Å². The standard InChI is InChI=1S/C13H16Br2N2O3S/c1-9-7-12(15)13(8-11(9)14)21(19,20)17-5-3-16(4-6-17)10(2)18/h7-8H,3-6H2,1-2H3. The summed E-state index contributed by atoms with van der Waals surface area (Å²) in [4.78, 5) is 13.2. The van der Waals surface area contributed by atoms with Gasteiger partial charge in [0.1, 0.15) is 0 Å². The van der Waals surface area contributed by atoms with E-state index >= 15 is 0 Å². The number of aryl methyl sites for hydroxylation is 1. The van der Waals surface area contributed by atoms with Crippen LogP contribution in [0.3, 0.4) is 0 Å². The molecule has 0 aliphatic carbocycles. The molecule has 1 fully saturated rings. The summed E-state index contributed by atoms with van der Waals surface area (Å²) in [5.74, 6) is -0.0219. The van der Waals surface area contributed by atoms with E-state index < -0.39 is 10.0 Å². The first kappa shape index (κ1) is 16.9. The van der Waals surface area contributed by atoms with E-state index in [1.54, 1.807) is 17.0 Å². The number of amides is 1. The van der Waals surface area contributed by atoms with Gasteiger partial charge in [-0.3, -0.25) is 4.79 Å². The Labute approximate surface area is 141 Å². The monoisotopic (exact) mass is 438 g/mol. The predicted molar refractivity (Wildman–Crippen MR) is 87.6 cm³/mol. The van der Waals surface area contributed by atoms with Crippen molar-refractivity contribution in [2.45, 2.75) is 18.7 Å². The fourth-order valence-corrected chi connectivity index (χ4v) is 5.27. The molecule has 5 nitrogen and oxygen atoms in total. The lowest BCUT2D eigenvalue weighted by Crippen LogP contribution is -2.49. The fourth-order valence-electron chi connectivity index (χ4n) is 2.21. The number of hydrogen-bond acceptors (Lipinski definition) is 3. The van der Waals surface area contributed by atoms with Crippen molar-refractivity contribution >= 4 is 47.8 Å². The largest absolute Gasteiger partial charge is 0.340 e. The van der Waals surface area contributed by atoms with Crippen molar-refractivity contribution in [3.63, 3.8) is 0 Å². The van der Waals surface area contributed by atoms with E-state index in [9.17, 15) is 13.2 Å². The van der Waals surface area contributed by atoms with Gasteiger partial charge in [0.2, 0.25) is 15.9 Å². The van der Waals surface area contributed by atoms with Crippen molar-refractivity contribution in [3.05, 3.63) is 26.6 Å². The molecule has 1 aromatic rings. The summed E-state index contributed by atoms with van der Waals surface area (Å²) >= 11 is 6.70. The fraction of sp³-hybridized carbons (Fsp3) is 0.462. The Balaban J connectivity index is 2.28. The SMILES string of the molecule is CC(=O)N1CCN(S(=O)(=O)c2cc(Br)c(C)cc2Br)CC1. The van der Waals surface area contributed by atoms with Crippen LogP contribution in [0, 0.1) is 6.92 Å². The third kappa shape index (κ3) is 3.49. The quantitative estimate of drug-likeness (QED) is 0.710. The van der Waals surface area contributed by atoms with Crippen molar-refractivity contribution in [3.8, 4) is 0 Å². The number of benzene rings is 1. The van der Waals surface area contributed by atoms with E-state index in [1.807, 2.05) is 6.92 Å². The lowest BCUT2D eigenvalue weighted by molar-refractivity contribution is -0.129. The van der Waals surface area contributed by atoms with E-state index in [1.165, 1.54) is 11.2 Å². The van der Waals surface area contributed by atoms with Crippen molar-refractivity contribution in [2.24, 2.45) is 0 Å². The van der Waals surface area contributed by atoms with E-state index in [0.29, 0.717) is 30.7 Å². The van der Waals surface area contributed by atoms with E-state index in [4.69, 9.17) is 0 Å². The van der Waals surface area contributed by atoms with Gasteiger partial charge in [-0.1, -0.05) is 15.9 Å². The zero-order valence-corrected chi connectivity index (χ0v) is 15.8. The average Bonchev–Trinajstić information content (AvgIpc) is 2.42. The van der Waals surface area contributed by atoms with Crippen molar-refractivity contribution in [1.82, 2.24) is 9.21 Å². The number of carbonyl (C=O) groups excluding carboxylic acids is 1. The Kier molecular flexibility index (Phi) is 5.12. The van der Waals surface area contributed by atoms with Crippen LogP contribution in [-0.2, 0) is 14.8 Å². The molecule has 1 amide bonds. The molecule has 8 heteroatoms. The van der Waals surface area contributed by atoms with Crippen molar-refractivity contribution < 1.29 is 13.2 Å². The highest BCUT2D eigenvalue weighted by Gasteiger charge is 2.30. The smallest absolute Gasteiger partial charge is 0.244 e. The van der Waals surface area contributed by atoms with Crippen LogP contribution in [0.25, 0.3) is 0 Å². The number of rotatable bonds is 2. The van der Waals surface area contributed by atoms with Gasteiger partial charge in [0.05, 0.1) is 4.90 Å². The Morgan fingerprint density at radius 2 is 1.67 bits per heavy atom. The highest BCUT2D eigenvalue weighted by atomic mass is 79.9. The second-order valence-electron chi connectivity index (χ2n) is 4.94. The van der Waals surface area contributed by atoms with Crippen LogP contribution >= 0.6 is 31.9 Å². The first-order valence-corrected chi connectivity index (χ1v) is 9.47. The van der Waals surface area contributed by atoms with Gasteiger partial charge in [-0.15, -0.1) is 0 Å². The van der Waals surface area contributed by atoms with Gasteiger partial charge in [-0.2, -0.15) is 4.31 Å². The third-order valence-electron chi connectivity index (χ3n) is 3.51. The van der Waals surface area contributed by atoms with Crippen LogP contribution in [0.4, 0.5) is 0 Å². The number of nitrogens with zero attached hydrogens (tertiary/aromatic N) is 2. The lowest BCUT2D eigenvalue weighted by Gasteiger charge is -2.33. The summed E-state index contributed by atoms with van der Waals surface area (Å²) < 4.78 is 28.2. The summed E-state index contributed by atoms with van der Waals surface area (Å²) in [5.41, 5.74) is 0.960. The first-order valence-electron chi connectivity index (χ1n) is 6.45. The normalized spacial score (nSPS) is 17.0. The maximum absolute atomic E-state index is 12.7. The minimum Gasteiger partial charge on any atom is -0.340 e. The number of carbonyl (C=O) groups is 1. The number of piperazine rings is 1. The van der Waals surface area contributed by atoms with Gasteiger partial charge in [0.15, 0.2) is 0 Å². The Bertz CT molecular complexity index is 668. The van der Waals surface area contributed by atoms with Gasteiger partial charge in [0, 0.05) is 42.0 Å². The molecule has 1 aliphatic heterocycles. The van der Waals surface area contributed by atoms with Crippen LogP contribution in [0.5, 0.6) is 0 Å². The molecule has 0 aromatic heterocycles. The number of halogens is 2. The topological polar surface area (TPSA) is 57.7 Å².